The monoisotopic (exact) mass is 293 g/mol. The Morgan fingerprint density at radius 2 is 1.65 bits per heavy atom. The Kier molecular flexibility index (Phi) is 4.52. The molecule has 2 N–H and O–H groups in total. The molecule has 1 unspecified atom stereocenters. The predicted octanol–water partition coefficient (Wildman–Crippen LogP) is 3.13. The van der Waals surface area contributed by atoms with E-state index in [0.717, 1.165) is 10.4 Å². The van der Waals surface area contributed by atoms with E-state index in [4.69, 9.17) is 19.9 Å². The normalized spacial score (nSPS) is 12.1. The fourth-order valence-electron chi connectivity index (χ4n) is 2.17. The minimum atomic E-state index is -0.286. The molecule has 0 fully saturated rings. The molecule has 0 radical (unpaired) electrons. The average molecular weight is 293 g/mol. The third-order valence-corrected chi connectivity index (χ3v) is 4.35. The van der Waals surface area contributed by atoms with Gasteiger partial charge in [0, 0.05) is 17.0 Å². The molecule has 0 saturated heterocycles. The van der Waals surface area contributed by atoms with Crippen LogP contribution < -0.4 is 19.9 Å². The topological polar surface area (TPSA) is 53.7 Å². The van der Waals surface area contributed by atoms with E-state index >= 15 is 0 Å². The van der Waals surface area contributed by atoms with Crippen LogP contribution in [-0.4, -0.2) is 21.3 Å². The van der Waals surface area contributed by atoms with Gasteiger partial charge in [0.1, 0.15) is 17.2 Å². The van der Waals surface area contributed by atoms with Gasteiger partial charge in [-0.15, -0.1) is 11.3 Å². The molecule has 0 amide bonds. The Labute approximate surface area is 123 Å². The standard InChI is InChI=1S/C15H19NO3S/c1-9-5-6-20-15(9)14(16)13-11(18-3)7-10(17-2)8-12(13)19-4/h5-8,14H,16H2,1-4H3. The van der Waals surface area contributed by atoms with Gasteiger partial charge in [-0.1, -0.05) is 0 Å². The van der Waals surface area contributed by atoms with Crippen LogP contribution in [0.15, 0.2) is 23.6 Å². The highest BCUT2D eigenvalue weighted by Crippen LogP contribution is 2.41. The molecule has 0 spiro atoms. The second-order valence-electron chi connectivity index (χ2n) is 4.39. The van der Waals surface area contributed by atoms with Crippen molar-refractivity contribution in [1.29, 1.82) is 0 Å². The summed E-state index contributed by atoms with van der Waals surface area (Å²) < 4.78 is 16.2. The number of rotatable bonds is 5. The van der Waals surface area contributed by atoms with Gasteiger partial charge in [-0.3, -0.25) is 0 Å². The number of methoxy groups -OCH3 is 3. The third kappa shape index (κ3) is 2.59. The Bertz CT molecular complexity index is 570. The SMILES string of the molecule is COc1cc(OC)c(C(N)c2sccc2C)c(OC)c1. The van der Waals surface area contributed by atoms with Gasteiger partial charge < -0.3 is 19.9 Å². The molecule has 20 heavy (non-hydrogen) atoms. The largest absolute Gasteiger partial charge is 0.496 e. The van der Waals surface area contributed by atoms with Crippen LogP contribution in [0, 0.1) is 6.92 Å². The van der Waals surface area contributed by atoms with E-state index in [0.29, 0.717) is 17.2 Å². The van der Waals surface area contributed by atoms with Gasteiger partial charge in [0.15, 0.2) is 0 Å². The van der Waals surface area contributed by atoms with Crippen LogP contribution in [-0.2, 0) is 0 Å². The summed E-state index contributed by atoms with van der Waals surface area (Å²) in [5.41, 5.74) is 8.42. The molecular weight excluding hydrogens is 274 g/mol. The zero-order valence-corrected chi connectivity index (χ0v) is 12.9. The second kappa shape index (κ2) is 6.15. The van der Waals surface area contributed by atoms with E-state index in [2.05, 4.69) is 6.07 Å². The summed E-state index contributed by atoms with van der Waals surface area (Å²) >= 11 is 1.63. The highest BCUT2D eigenvalue weighted by atomic mass is 32.1. The van der Waals surface area contributed by atoms with Gasteiger partial charge in [-0.2, -0.15) is 0 Å². The molecule has 0 bridgehead atoms. The summed E-state index contributed by atoms with van der Waals surface area (Å²) in [6.07, 6.45) is 0. The Balaban J connectivity index is 2.57. The fraction of sp³-hybridized carbons (Fsp3) is 0.333. The van der Waals surface area contributed by atoms with Crippen LogP contribution in [0.3, 0.4) is 0 Å². The van der Waals surface area contributed by atoms with E-state index in [1.54, 1.807) is 32.7 Å². The van der Waals surface area contributed by atoms with Crippen molar-refractivity contribution in [3.05, 3.63) is 39.6 Å². The molecule has 1 aromatic heterocycles. The molecule has 5 heteroatoms. The van der Waals surface area contributed by atoms with E-state index in [9.17, 15) is 0 Å². The lowest BCUT2D eigenvalue weighted by atomic mass is 10.0. The summed E-state index contributed by atoms with van der Waals surface area (Å²) in [5.74, 6) is 2.01. The van der Waals surface area contributed by atoms with Crippen molar-refractivity contribution < 1.29 is 14.2 Å². The van der Waals surface area contributed by atoms with Gasteiger partial charge in [0.2, 0.25) is 0 Å². The molecule has 4 nitrogen and oxygen atoms in total. The van der Waals surface area contributed by atoms with Gasteiger partial charge >= 0.3 is 0 Å². The van der Waals surface area contributed by atoms with Crippen molar-refractivity contribution >= 4 is 11.3 Å². The summed E-state index contributed by atoms with van der Waals surface area (Å²) in [6, 6.07) is 5.41. The Morgan fingerprint density at radius 1 is 1.05 bits per heavy atom. The maximum absolute atomic E-state index is 6.42. The van der Waals surface area contributed by atoms with Gasteiger partial charge in [-0.05, 0) is 23.9 Å². The Hall–Kier alpha value is -1.72. The molecule has 2 rings (SSSR count). The van der Waals surface area contributed by atoms with Gasteiger partial charge in [0.25, 0.3) is 0 Å². The van der Waals surface area contributed by atoms with Crippen LogP contribution >= 0.6 is 11.3 Å². The number of aryl methyl sites for hydroxylation is 1. The first-order chi connectivity index (χ1) is 9.62. The van der Waals surface area contributed by atoms with Crippen molar-refractivity contribution in [2.75, 3.05) is 21.3 Å². The molecule has 1 aromatic carbocycles. The molecule has 1 heterocycles. The lowest BCUT2D eigenvalue weighted by Gasteiger charge is -2.20. The van der Waals surface area contributed by atoms with E-state index in [1.165, 1.54) is 5.56 Å². The molecule has 0 saturated carbocycles. The summed E-state index contributed by atoms with van der Waals surface area (Å²) in [5, 5.41) is 2.03. The Morgan fingerprint density at radius 3 is 2.05 bits per heavy atom. The molecule has 108 valence electrons. The van der Waals surface area contributed by atoms with E-state index in [-0.39, 0.29) is 6.04 Å². The molecule has 2 aromatic rings. The number of nitrogens with two attached hydrogens (primary N) is 1. The van der Waals surface area contributed by atoms with Crippen LogP contribution in [0.1, 0.15) is 22.0 Å². The van der Waals surface area contributed by atoms with Crippen LogP contribution in [0.5, 0.6) is 17.2 Å². The van der Waals surface area contributed by atoms with Crippen molar-refractivity contribution in [3.8, 4) is 17.2 Å². The number of hydrogen-bond acceptors (Lipinski definition) is 5. The minimum Gasteiger partial charge on any atom is -0.496 e. The zero-order valence-electron chi connectivity index (χ0n) is 12.1. The highest BCUT2D eigenvalue weighted by molar-refractivity contribution is 7.10. The summed E-state index contributed by atoms with van der Waals surface area (Å²) in [7, 11) is 4.84. The third-order valence-electron chi connectivity index (χ3n) is 3.25. The van der Waals surface area contributed by atoms with E-state index < -0.39 is 0 Å². The molecule has 0 aliphatic carbocycles. The number of hydrogen-bond donors (Lipinski definition) is 1. The van der Waals surface area contributed by atoms with E-state index in [1.807, 2.05) is 24.4 Å². The minimum absolute atomic E-state index is 0.286. The lowest BCUT2D eigenvalue weighted by molar-refractivity contribution is 0.366. The molecular formula is C15H19NO3S. The first-order valence-electron chi connectivity index (χ1n) is 6.21. The van der Waals surface area contributed by atoms with Crippen molar-refractivity contribution in [3.63, 3.8) is 0 Å². The maximum Gasteiger partial charge on any atom is 0.131 e. The molecule has 1 atom stereocenters. The van der Waals surface area contributed by atoms with Crippen LogP contribution in [0.4, 0.5) is 0 Å². The summed E-state index contributed by atoms with van der Waals surface area (Å²) in [6.45, 7) is 2.05. The number of benzene rings is 1. The number of ether oxygens (including phenoxy) is 3. The van der Waals surface area contributed by atoms with Crippen LogP contribution in [0.25, 0.3) is 0 Å². The summed E-state index contributed by atoms with van der Waals surface area (Å²) in [4.78, 5) is 1.10. The quantitative estimate of drug-likeness (QED) is 0.920. The predicted molar refractivity (Wildman–Crippen MR) is 81.2 cm³/mol. The van der Waals surface area contributed by atoms with Crippen molar-refractivity contribution in [1.82, 2.24) is 0 Å². The molecule has 0 aliphatic rings. The van der Waals surface area contributed by atoms with Crippen molar-refractivity contribution in [2.24, 2.45) is 5.73 Å². The van der Waals surface area contributed by atoms with Crippen LogP contribution in [0.2, 0.25) is 0 Å². The lowest BCUT2D eigenvalue weighted by Crippen LogP contribution is -2.14. The number of thiophene rings is 1. The second-order valence-corrected chi connectivity index (χ2v) is 5.34. The smallest absolute Gasteiger partial charge is 0.131 e. The fourth-order valence-corrected chi connectivity index (χ4v) is 3.11. The maximum atomic E-state index is 6.42. The van der Waals surface area contributed by atoms with Gasteiger partial charge in [-0.25, -0.2) is 0 Å². The van der Waals surface area contributed by atoms with Crippen molar-refractivity contribution in [2.45, 2.75) is 13.0 Å². The first kappa shape index (κ1) is 14.7. The highest BCUT2D eigenvalue weighted by Gasteiger charge is 2.22. The molecule has 0 aliphatic heterocycles. The average Bonchev–Trinajstić information content (AvgIpc) is 2.91. The zero-order chi connectivity index (χ0) is 14.7. The van der Waals surface area contributed by atoms with Gasteiger partial charge in [0.05, 0.1) is 32.9 Å². The first-order valence-corrected chi connectivity index (χ1v) is 7.09.